The van der Waals surface area contributed by atoms with Crippen LogP contribution >= 0.6 is 0 Å². The van der Waals surface area contributed by atoms with Gasteiger partial charge in [0.25, 0.3) is 0 Å². The molecule has 82 valence electrons. The molecule has 2 N–H and O–H groups in total. The second-order valence-electron chi connectivity index (χ2n) is 5.07. The zero-order valence-corrected chi connectivity index (χ0v) is 8.95. The highest BCUT2D eigenvalue weighted by atomic mass is 17.3. The summed E-state index contributed by atoms with van der Waals surface area (Å²) in [7, 11) is 0. The van der Waals surface area contributed by atoms with E-state index < -0.39 is 0 Å². The molecule has 0 heterocycles. The van der Waals surface area contributed by atoms with Crippen molar-refractivity contribution in [3.63, 3.8) is 0 Å². The molecule has 3 nitrogen and oxygen atoms in total. The molecule has 0 aromatic rings. The van der Waals surface area contributed by atoms with Crippen molar-refractivity contribution in [2.75, 3.05) is 0 Å². The van der Waals surface area contributed by atoms with Crippen LogP contribution < -0.4 is 5.90 Å². The van der Waals surface area contributed by atoms with E-state index in [9.17, 15) is 0 Å². The van der Waals surface area contributed by atoms with Crippen molar-refractivity contribution in [3.8, 4) is 0 Å². The van der Waals surface area contributed by atoms with Crippen LogP contribution in [-0.4, -0.2) is 6.10 Å². The Bertz CT molecular complexity index is 172. The van der Waals surface area contributed by atoms with Crippen molar-refractivity contribution in [1.29, 1.82) is 0 Å². The van der Waals surface area contributed by atoms with Crippen LogP contribution in [0.1, 0.15) is 45.4 Å². The average Bonchev–Trinajstić information content (AvgIpc) is 2.15. The smallest absolute Gasteiger partial charge is 0.0950 e. The molecule has 2 saturated carbocycles. The molecule has 0 aliphatic heterocycles. The van der Waals surface area contributed by atoms with E-state index in [4.69, 9.17) is 10.8 Å². The fourth-order valence-corrected chi connectivity index (χ4v) is 3.08. The molecule has 0 radical (unpaired) electrons. The Balaban J connectivity index is 1.68. The van der Waals surface area contributed by atoms with E-state index in [1.54, 1.807) is 0 Å². The van der Waals surface area contributed by atoms with Crippen LogP contribution in [-0.2, 0) is 9.88 Å². The Morgan fingerprint density at radius 2 is 1.64 bits per heavy atom. The van der Waals surface area contributed by atoms with Gasteiger partial charge < -0.3 is 0 Å². The first-order chi connectivity index (χ1) is 6.79. The van der Waals surface area contributed by atoms with E-state index in [2.05, 4.69) is 11.9 Å². The minimum atomic E-state index is 0.244. The van der Waals surface area contributed by atoms with Crippen LogP contribution in [0.5, 0.6) is 0 Å². The molecule has 14 heavy (non-hydrogen) atoms. The van der Waals surface area contributed by atoms with Gasteiger partial charge in [-0.2, -0.15) is 5.90 Å². The molecule has 0 spiro atoms. The molecule has 2 fully saturated rings. The molecule has 0 unspecified atom stereocenters. The monoisotopic (exact) mass is 199 g/mol. The van der Waals surface area contributed by atoms with Gasteiger partial charge in [-0.1, -0.05) is 6.92 Å². The third-order valence-corrected chi connectivity index (χ3v) is 3.99. The van der Waals surface area contributed by atoms with Crippen molar-refractivity contribution in [3.05, 3.63) is 0 Å². The first-order valence-corrected chi connectivity index (χ1v) is 5.81. The van der Waals surface area contributed by atoms with E-state index in [1.807, 2.05) is 0 Å². The van der Waals surface area contributed by atoms with Crippen molar-refractivity contribution >= 4 is 0 Å². The predicted molar refractivity (Wildman–Crippen MR) is 54.0 cm³/mol. The minimum absolute atomic E-state index is 0.244. The highest BCUT2D eigenvalue weighted by Gasteiger charge is 2.34. The van der Waals surface area contributed by atoms with Crippen LogP contribution in [0.15, 0.2) is 0 Å². The lowest BCUT2D eigenvalue weighted by Crippen LogP contribution is -2.33. The Morgan fingerprint density at radius 3 is 2.14 bits per heavy atom. The van der Waals surface area contributed by atoms with Gasteiger partial charge in [0.05, 0.1) is 6.10 Å². The van der Waals surface area contributed by atoms with Gasteiger partial charge in [-0.05, 0) is 56.3 Å². The lowest BCUT2D eigenvalue weighted by molar-refractivity contribution is -0.334. The second-order valence-corrected chi connectivity index (χ2v) is 5.07. The van der Waals surface area contributed by atoms with Gasteiger partial charge >= 0.3 is 0 Å². The lowest BCUT2D eigenvalue weighted by atomic mass is 9.65. The standard InChI is InChI=1S/C11H21NO2/c1-8-6-10(7-8)9-2-4-11(5-3-9)13-14-12/h8-11H,2-7,12H2,1H3. The summed E-state index contributed by atoms with van der Waals surface area (Å²) < 4.78 is 0. The first kappa shape index (κ1) is 10.4. The molecule has 0 saturated heterocycles. The lowest BCUT2D eigenvalue weighted by Gasteiger charge is -2.41. The Hall–Kier alpha value is -0.120. The zero-order valence-electron chi connectivity index (χ0n) is 8.95. The molecule has 0 aromatic carbocycles. The molecule has 3 heteroatoms. The predicted octanol–water partition coefficient (Wildman–Crippen LogP) is 2.41. The molecule has 2 rings (SSSR count). The maximum atomic E-state index is 4.96. The summed E-state index contributed by atoms with van der Waals surface area (Å²) in [5, 5.41) is 0. The molecule has 0 amide bonds. The van der Waals surface area contributed by atoms with Gasteiger partial charge in [0.1, 0.15) is 0 Å². The van der Waals surface area contributed by atoms with Gasteiger partial charge in [-0.3, -0.25) is 0 Å². The summed E-state index contributed by atoms with van der Waals surface area (Å²) in [5.74, 6) is 7.81. The molecule has 0 aromatic heterocycles. The maximum Gasteiger partial charge on any atom is 0.0950 e. The molecular formula is C11H21NO2. The molecular weight excluding hydrogens is 178 g/mol. The quantitative estimate of drug-likeness (QED) is 0.560. The summed E-state index contributed by atoms with van der Waals surface area (Å²) in [6.45, 7) is 2.35. The van der Waals surface area contributed by atoms with E-state index in [-0.39, 0.29) is 6.10 Å². The molecule has 0 bridgehead atoms. The molecule has 2 aliphatic rings. The van der Waals surface area contributed by atoms with Crippen LogP contribution in [0, 0.1) is 17.8 Å². The van der Waals surface area contributed by atoms with E-state index in [0.717, 1.165) is 30.6 Å². The average molecular weight is 199 g/mol. The van der Waals surface area contributed by atoms with Gasteiger partial charge in [0.2, 0.25) is 0 Å². The number of hydrogen-bond donors (Lipinski definition) is 1. The Kier molecular flexibility index (Phi) is 3.42. The summed E-state index contributed by atoms with van der Waals surface area (Å²) in [5.41, 5.74) is 0. The fourth-order valence-electron chi connectivity index (χ4n) is 3.08. The highest BCUT2D eigenvalue weighted by molar-refractivity contribution is 4.85. The van der Waals surface area contributed by atoms with Crippen molar-refractivity contribution in [1.82, 2.24) is 0 Å². The van der Waals surface area contributed by atoms with Crippen LogP contribution in [0.25, 0.3) is 0 Å². The normalized spacial score (nSPS) is 43.3. The minimum Gasteiger partial charge on any atom is -0.215 e. The van der Waals surface area contributed by atoms with Gasteiger partial charge in [-0.15, -0.1) is 4.99 Å². The summed E-state index contributed by atoms with van der Waals surface area (Å²) in [6, 6.07) is 0. The van der Waals surface area contributed by atoms with E-state index in [0.29, 0.717) is 0 Å². The van der Waals surface area contributed by atoms with Gasteiger partial charge in [0, 0.05) is 0 Å². The summed E-state index contributed by atoms with van der Waals surface area (Å²) in [6.07, 6.45) is 7.97. The Morgan fingerprint density at radius 1 is 1.00 bits per heavy atom. The topological polar surface area (TPSA) is 44.5 Å². The molecule has 0 atom stereocenters. The van der Waals surface area contributed by atoms with E-state index in [1.165, 1.54) is 25.7 Å². The van der Waals surface area contributed by atoms with Gasteiger partial charge in [0.15, 0.2) is 0 Å². The third kappa shape index (κ3) is 2.27. The van der Waals surface area contributed by atoms with Crippen molar-refractivity contribution in [2.24, 2.45) is 23.7 Å². The maximum absolute atomic E-state index is 4.96. The Labute approximate surface area is 85.8 Å². The third-order valence-electron chi connectivity index (χ3n) is 3.99. The van der Waals surface area contributed by atoms with Crippen molar-refractivity contribution in [2.45, 2.75) is 51.6 Å². The molecule has 2 aliphatic carbocycles. The highest BCUT2D eigenvalue weighted by Crippen LogP contribution is 2.44. The largest absolute Gasteiger partial charge is 0.215 e. The number of hydrogen-bond acceptors (Lipinski definition) is 3. The van der Waals surface area contributed by atoms with Crippen molar-refractivity contribution < 1.29 is 9.88 Å². The number of nitrogens with two attached hydrogens (primary N) is 1. The van der Waals surface area contributed by atoms with E-state index >= 15 is 0 Å². The van der Waals surface area contributed by atoms with Crippen LogP contribution in [0.3, 0.4) is 0 Å². The second kappa shape index (κ2) is 4.60. The van der Waals surface area contributed by atoms with Crippen LogP contribution in [0.2, 0.25) is 0 Å². The number of rotatable bonds is 3. The SMILES string of the molecule is CC1CC(C2CCC(OON)CC2)C1. The first-order valence-electron chi connectivity index (χ1n) is 5.81. The van der Waals surface area contributed by atoms with Crippen LogP contribution in [0.4, 0.5) is 0 Å². The summed E-state index contributed by atoms with van der Waals surface area (Å²) >= 11 is 0. The fraction of sp³-hybridized carbons (Fsp3) is 1.00. The van der Waals surface area contributed by atoms with Gasteiger partial charge in [-0.25, -0.2) is 4.89 Å². The summed E-state index contributed by atoms with van der Waals surface area (Å²) in [4.78, 5) is 9.20. The zero-order chi connectivity index (χ0) is 9.97.